The van der Waals surface area contributed by atoms with Crippen LogP contribution < -0.4 is 5.73 Å². The molecule has 7 heteroatoms. The van der Waals surface area contributed by atoms with E-state index in [4.69, 9.17) is 18.0 Å². The maximum absolute atomic E-state index is 12.5. The molecule has 1 aliphatic heterocycles. The predicted molar refractivity (Wildman–Crippen MR) is 70.5 cm³/mol. The molecule has 0 aromatic heterocycles. The Morgan fingerprint density at radius 3 is 2.32 bits per heavy atom. The lowest BCUT2D eigenvalue weighted by Crippen LogP contribution is -2.46. The zero-order valence-corrected chi connectivity index (χ0v) is 11.7. The highest BCUT2D eigenvalue weighted by molar-refractivity contribution is 7.80. The van der Waals surface area contributed by atoms with Gasteiger partial charge in [0.05, 0.1) is 16.8 Å². The molecule has 0 saturated carbocycles. The third kappa shape index (κ3) is 4.33. The van der Waals surface area contributed by atoms with E-state index < -0.39 is 18.0 Å². The maximum Gasteiger partial charge on any atom is 0.391 e. The van der Waals surface area contributed by atoms with Crippen LogP contribution in [0.1, 0.15) is 32.6 Å². The second-order valence-electron chi connectivity index (χ2n) is 4.88. The van der Waals surface area contributed by atoms with Crippen molar-refractivity contribution < 1.29 is 18.0 Å². The molecule has 1 amide bonds. The van der Waals surface area contributed by atoms with Gasteiger partial charge in [0.15, 0.2) is 0 Å². The monoisotopic (exact) mass is 296 g/mol. The fourth-order valence-electron chi connectivity index (χ4n) is 2.32. The van der Waals surface area contributed by atoms with E-state index in [0.717, 1.165) is 6.42 Å². The first-order valence-corrected chi connectivity index (χ1v) is 6.83. The molecule has 19 heavy (non-hydrogen) atoms. The lowest BCUT2D eigenvalue weighted by molar-refractivity contribution is -0.186. The Balaban J connectivity index is 2.59. The van der Waals surface area contributed by atoms with Crippen molar-refractivity contribution in [2.24, 2.45) is 17.6 Å². The van der Waals surface area contributed by atoms with Crippen molar-refractivity contribution in [1.29, 1.82) is 0 Å². The van der Waals surface area contributed by atoms with E-state index in [1.165, 1.54) is 4.90 Å². The van der Waals surface area contributed by atoms with E-state index in [1.807, 2.05) is 6.92 Å². The van der Waals surface area contributed by atoms with Gasteiger partial charge in [-0.2, -0.15) is 13.2 Å². The van der Waals surface area contributed by atoms with Crippen LogP contribution in [0.4, 0.5) is 13.2 Å². The summed E-state index contributed by atoms with van der Waals surface area (Å²) < 4.78 is 37.6. The van der Waals surface area contributed by atoms with Gasteiger partial charge in [0.1, 0.15) is 0 Å². The van der Waals surface area contributed by atoms with Gasteiger partial charge in [0.2, 0.25) is 5.91 Å². The molecule has 110 valence electrons. The van der Waals surface area contributed by atoms with Crippen molar-refractivity contribution in [3.8, 4) is 0 Å². The first-order valence-electron chi connectivity index (χ1n) is 6.42. The number of nitrogens with zero attached hydrogens (tertiary/aromatic N) is 1. The van der Waals surface area contributed by atoms with Gasteiger partial charge in [0, 0.05) is 13.1 Å². The number of carbonyl (C=O) groups excluding carboxylic acids is 1. The number of carbonyl (C=O) groups is 1. The minimum Gasteiger partial charge on any atom is -0.393 e. The van der Waals surface area contributed by atoms with Crippen LogP contribution in [0, 0.1) is 11.8 Å². The molecule has 1 fully saturated rings. The summed E-state index contributed by atoms with van der Waals surface area (Å²) in [6.45, 7) is 2.17. The number of likely N-dealkylation sites (tertiary alicyclic amines) is 1. The van der Waals surface area contributed by atoms with Gasteiger partial charge in [-0.05, 0) is 19.3 Å². The number of hydrogen-bond acceptors (Lipinski definition) is 2. The summed E-state index contributed by atoms with van der Waals surface area (Å²) in [6, 6.07) is 0. The standard InChI is InChI=1S/C12H19F3N2OS/c1-2-3-9(10(16)19)11(18)17-6-4-8(5-7-17)12(13,14)15/h8-9H,2-7H2,1H3,(H2,16,19). The van der Waals surface area contributed by atoms with Crippen LogP contribution in [0.2, 0.25) is 0 Å². The molecule has 0 bridgehead atoms. The van der Waals surface area contributed by atoms with Crippen LogP contribution in [0.15, 0.2) is 0 Å². The average molecular weight is 296 g/mol. The Morgan fingerprint density at radius 1 is 1.42 bits per heavy atom. The molecule has 0 aliphatic carbocycles. The fraction of sp³-hybridized carbons (Fsp3) is 0.833. The van der Waals surface area contributed by atoms with Crippen LogP contribution in [0.3, 0.4) is 0 Å². The summed E-state index contributed by atoms with van der Waals surface area (Å²) in [5.74, 6) is -2.07. The Hall–Kier alpha value is -0.850. The Bertz CT molecular complexity index is 338. The lowest BCUT2D eigenvalue weighted by atomic mass is 9.94. The minimum atomic E-state index is -4.17. The number of thiocarbonyl (C=S) groups is 1. The molecule has 0 aromatic rings. The summed E-state index contributed by atoms with van der Waals surface area (Å²) >= 11 is 4.86. The van der Waals surface area contributed by atoms with E-state index in [1.54, 1.807) is 0 Å². The van der Waals surface area contributed by atoms with Crippen molar-refractivity contribution in [3.63, 3.8) is 0 Å². The number of rotatable bonds is 4. The smallest absolute Gasteiger partial charge is 0.391 e. The Morgan fingerprint density at radius 2 is 1.95 bits per heavy atom. The highest BCUT2D eigenvalue weighted by atomic mass is 32.1. The largest absolute Gasteiger partial charge is 0.393 e. The van der Waals surface area contributed by atoms with Crippen molar-refractivity contribution in [2.75, 3.05) is 13.1 Å². The van der Waals surface area contributed by atoms with Crippen LogP contribution in [0.25, 0.3) is 0 Å². The van der Waals surface area contributed by atoms with Crippen LogP contribution >= 0.6 is 12.2 Å². The topological polar surface area (TPSA) is 46.3 Å². The highest BCUT2D eigenvalue weighted by Crippen LogP contribution is 2.34. The zero-order chi connectivity index (χ0) is 14.6. The van der Waals surface area contributed by atoms with E-state index >= 15 is 0 Å². The first kappa shape index (κ1) is 16.2. The molecule has 1 aliphatic rings. The lowest BCUT2D eigenvalue weighted by Gasteiger charge is -2.34. The van der Waals surface area contributed by atoms with Gasteiger partial charge in [-0.15, -0.1) is 0 Å². The van der Waals surface area contributed by atoms with Crippen molar-refractivity contribution in [3.05, 3.63) is 0 Å². The number of halogens is 3. The van der Waals surface area contributed by atoms with Crippen LogP contribution in [-0.4, -0.2) is 35.1 Å². The number of piperidine rings is 1. The van der Waals surface area contributed by atoms with Crippen LogP contribution in [0.5, 0.6) is 0 Å². The molecule has 2 N–H and O–H groups in total. The molecule has 3 nitrogen and oxygen atoms in total. The van der Waals surface area contributed by atoms with Gasteiger partial charge >= 0.3 is 6.18 Å². The second kappa shape index (κ2) is 6.54. The summed E-state index contributed by atoms with van der Waals surface area (Å²) in [7, 11) is 0. The molecule has 1 heterocycles. The highest BCUT2D eigenvalue weighted by Gasteiger charge is 2.42. The Labute approximate surface area is 116 Å². The fourth-order valence-corrected chi connectivity index (χ4v) is 2.54. The molecule has 1 saturated heterocycles. The van der Waals surface area contributed by atoms with Crippen molar-refractivity contribution in [2.45, 2.75) is 38.8 Å². The number of amides is 1. The Kier molecular flexibility index (Phi) is 5.58. The summed E-state index contributed by atoms with van der Waals surface area (Å²) in [5, 5.41) is 0. The van der Waals surface area contributed by atoms with Crippen LogP contribution in [-0.2, 0) is 4.79 Å². The normalized spacial score (nSPS) is 19.3. The summed E-state index contributed by atoms with van der Waals surface area (Å²) in [6.07, 6.45) is -2.93. The zero-order valence-electron chi connectivity index (χ0n) is 10.9. The summed E-state index contributed by atoms with van der Waals surface area (Å²) in [4.78, 5) is 13.8. The third-order valence-corrected chi connectivity index (χ3v) is 3.77. The van der Waals surface area contributed by atoms with E-state index in [-0.39, 0.29) is 36.8 Å². The molecule has 0 radical (unpaired) electrons. The van der Waals surface area contributed by atoms with Gasteiger partial charge in [0.25, 0.3) is 0 Å². The van der Waals surface area contributed by atoms with Gasteiger partial charge < -0.3 is 10.6 Å². The molecule has 1 unspecified atom stereocenters. The molecule has 1 atom stereocenters. The van der Waals surface area contributed by atoms with E-state index in [0.29, 0.717) is 6.42 Å². The van der Waals surface area contributed by atoms with Gasteiger partial charge in [-0.3, -0.25) is 4.79 Å². The molecule has 0 aromatic carbocycles. The molecule has 0 spiro atoms. The van der Waals surface area contributed by atoms with Gasteiger partial charge in [-0.1, -0.05) is 25.6 Å². The van der Waals surface area contributed by atoms with E-state index in [9.17, 15) is 18.0 Å². The predicted octanol–water partition coefficient (Wildman–Crippen LogP) is 2.49. The van der Waals surface area contributed by atoms with Crippen molar-refractivity contribution >= 4 is 23.1 Å². The SMILES string of the molecule is CCCC(C(=O)N1CCC(C(F)(F)F)CC1)C(N)=S. The quantitative estimate of drug-likeness (QED) is 0.811. The molecule has 1 rings (SSSR count). The maximum atomic E-state index is 12.5. The average Bonchev–Trinajstić information content (AvgIpc) is 2.34. The summed E-state index contributed by atoms with van der Waals surface area (Å²) in [5.41, 5.74) is 5.53. The van der Waals surface area contributed by atoms with Crippen molar-refractivity contribution in [1.82, 2.24) is 4.90 Å². The third-order valence-electron chi connectivity index (χ3n) is 3.49. The molecular formula is C12H19F3N2OS. The second-order valence-corrected chi connectivity index (χ2v) is 5.36. The number of hydrogen-bond donors (Lipinski definition) is 1. The minimum absolute atomic E-state index is 0.0363. The van der Waals surface area contributed by atoms with Gasteiger partial charge in [-0.25, -0.2) is 0 Å². The first-order chi connectivity index (χ1) is 8.77. The number of nitrogens with two attached hydrogens (primary N) is 1. The van der Waals surface area contributed by atoms with E-state index in [2.05, 4.69) is 0 Å². The molecular weight excluding hydrogens is 277 g/mol. The number of alkyl halides is 3.